The van der Waals surface area contributed by atoms with Gasteiger partial charge in [-0.05, 0) is 37.5 Å². The molecule has 0 spiro atoms. The quantitative estimate of drug-likeness (QED) is 0.535. The molecule has 0 fully saturated rings. The number of benzene rings is 1. The second kappa shape index (κ2) is 5.03. The van der Waals surface area contributed by atoms with Crippen LogP contribution in [0.25, 0.3) is 0 Å². The molecule has 0 radical (unpaired) electrons. The molecule has 1 nitrogen and oxygen atoms in total. The van der Waals surface area contributed by atoms with E-state index in [2.05, 4.69) is 6.07 Å². The van der Waals surface area contributed by atoms with E-state index in [-0.39, 0.29) is 0 Å². The molecular weight excluding hydrogens is 184 g/mol. The number of carbonyl (C=O) groups excluding carboxylic acids is 1. The number of hydrogen-bond donors (Lipinski definition) is 0. The fourth-order valence-electron chi connectivity index (χ4n) is 1.38. The maximum Gasteiger partial charge on any atom is 0.150 e. The van der Waals surface area contributed by atoms with Gasteiger partial charge in [0.15, 0.2) is 0 Å². The molecule has 0 saturated carbocycles. The Bertz CT molecular complexity index is 294. The maximum absolute atomic E-state index is 10.6. The number of hydrogen-bond acceptors (Lipinski definition) is 1. The molecule has 1 aromatic rings. The van der Waals surface area contributed by atoms with Crippen molar-refractivity contribution in [3.8, 4) is 0 Å². The first-order chi connectivity index (χ1) is 6.26. The number of carbonyl (C=O) groups is 1. The van der Waals surface area contributed by atoms with Gasteiger partial charge in [-0.1, -0.05) is 11.6 Å². The van der Waals surface area contributed by atoms with Crippen LogP contribution in [0.3, 0.4) is 0 Å². The molecule has 0 unspecified atom stereocenters. The minimum Gasteiger partial charge on any atom is -0.298 e. The lowest BCUT2D eigenvalue weighted by molar-refractivity contribution is 0.112. The molecule has 70 valence electrons. The van der Waals surface area contributed by atoms with E-state index in [1.807, 2.05) is 19.1 Å². The van der Waals surface area contributed by atoms with Gasteiger partial charge in [0.1, 0.15) is 6.29 Å². The van der Waals surface area contributed by atoms with Gasteiger partial charge in [-0.25, -0.2) is 0 Å². The first-order valence-corrected chi connectivity index (χ1v) is 4.91. The highest BCUT2D eigenvalue weighted by Gasteiger charge is 1.97. The minimum atomic E-state index is 0.671. The first kappa shape index (κ1) is 10.3. The Morgan fingerprint density at radius 3 is 2.77 bits per heavy atom. The summed E-state index contributed by atoms with van der Waals surface area (Å²) in [6, 6.07) is 5.91. The van der Waals surface area contributed by atoms with Gasteiger partial charge in [0, 0.05) is 11.4 Å². The highest BCUT2D eigenvalue weighted by molar-refractivity contribution is 6.17. The van der Waals surface area contributed by atoms with Crippen molar-refractivity contribution in [2.45, 2.75) is 19.8 Å². The van der Waals surface area contributed by atoms with Gasteiger partial charge in [-0.3, -0.25) is 4.79 Å². The predicted octanol–water partition coefficient (Wildman–Crippen LogP) is 2.98. The predicted molar refractivity (Wildman–Crippen MR) is 55.6 cm³/mol. The van der Waals surface area contributed by atoms with Crippen LogP contribution in [0.15, 0.2) is 18.2 Å². The van der Waals surface area contributed by atoms with E-state index in [1.165, 1.54) is 5.56 Å². The van der Waals surface area contributed by atoms with Gasteiger partial charge in [-0.2, -0.15) is 0 Å². The summed E-state index contributed by atoms with van der Waals surface area (Å²) in [5.74, 6) is 0.671. The lowest BCUT2D eigenvalue weighted by Crippen LogP contribution is -1.90. The number of aldehydes is 1. The minimum absolute atomic E-state index is 0.671. The fourth-order valence-corrected chi connectivity index (χ4v) is 1.51. The zero-order valence-corrected chi connectivity index (χ0v) is 8.47. The summed E-state index contributed by atoms with van der Waals surface area (Å²) < 4.78 is 0. The molecule has 1 aromatic carbocycles. The third-order valence-electron chi connectivity index (χ3n) is 1.89. The molecule has 0 aliphatic carbocycles. The summed E-state index contributed by atoms with van der Waals surface area (Å²) in [4.78, 5) is 10.6. The standard InChI is InChI=1S/C11H13ClO/c1-9-5-10(3-2-4-12)7-11(6-9)8-13/h5-8H,2-4H2,1H3. The fraction of sp³-hybridized carbons (Fsp3) is 0.364. The number of halogens is 1. The van der Waals surface area contributed by atoms with Crippen LogP contribution in [-0.2, 0) is 6.42 Å². The van der Waals surface area contributed by atoms with Crippen molar-refractivity contribution < 1.29 is 4.79 Å². The summed E-state index contributed by atoms with van der Waals surface area (Å²) in [5.41, 5.74) is 3.08. The smallest absolute Gasteiger partial charge is 0.150 e. The van der Waals surface area contributed by atoms with Crippen molar-refractivity contribution in [3.05, 3.63) is 34.9 Å². The SMILES string of the molecule is Cc1cc(C=O)cc(CCCCl)c1. The molecule has 0 saturated heterocycles. The van der Waals surface area contributed by atoms with E-state index in [9.17, 15) is 4.79 Å². The Morgan fingerprint density at radius 1 is 1.38 bits per heavy atom. The molecule has 0 aliphatic heterocycles. The van der Waals surface area contributed by atoms with Gasteiger partial charge >= 0.3 is 0 Å². The Morgan fingerprint density at radius 2 is 2.15 bits per heavy atom. The summed E-state index contributed by atoms with van der Waals surface area (Å²) in [6.07, 6.45) is 2.80. The largest absolute Gasteiger partial charge is 0.298 e. The van der Waals surface area contributed by atoms with Crippen LogP contribution >= 0.6 is 11.6 Å². The Balaban J connectivity index is 2.81. The van der Waals surface area contributed by atoms with E-state index in [1.54, 1.807) is 0 Å². The van der Waals surface area contributed by atoms with Crippen LogP contribution < -0.4 is 0 Å². The summed E-state index contributed by atoms with van der Waals surface area (Å²) in [7, 11) is 0. The van der Waals surface area contributed by atoms with Crippen molar-refractivity contribution in [1.29, 1.82) is 0 Å². The van der Waals surface area contributed by atoms with Gasteiger partial charge in [0.25, 0.3) is 0 Å². The van der Waals surface area contributed by atoms with E-state index in [0.717, 1.165) is 30.3 Å². The molecule has 1 rings (SSSR count). The number of rotatable bonds is 4. The van der Waals surface area contributed by atoms with Gasteiger partial charge in [0.05, 0.1) is 0 Å². The molecule has 0 heterocycles. The van der Waals surface area contributed by atoms with Crippen LogP contribution in [0, 0.1) is 6.92 Å². The Labute approximate surface area is 83.7 Å². The molecule has 0 N–H and O–H groups in total. The monoisotopic (exact) mass is 196 g/mol. The normalized spacial score (nSPS) is 10.0. The Hall–Kier alpha value is -0.820. The van der Waals surface area contributed by atoms with Gasteiger partial charge in [0.2, 0.25) is 0 Å². The lowest BCUT2D eigenvalue weighted by atomic mass is 10.0. The van der Waals surface area contributed by atoms with E-state index in [0.29, 0.717) is 5.88 Å². The molecule has 0 aliphatic rings. The molecule has 2 heteroatoms. The van der Waals surface area contributed by atoms with Crippen molar-refractivity contribution in [2.75, 3.05) is 5.88 Å². The summed E-state index contributed by atoms with van der Waals surface area (Å²) >= 11 is 5.60. The first-order valence-electron chi connectivity index (χ1n) is 4.38. The topological polar surface area (TPSA) is 17.1 Å². The molecule has 0 bridgehead atoms. The van der Waals surface area contributed by atoms with Crippen molar-refractivity contribution >= 4 is 17.9 Å². The average molecular weight is 197 g/mol. The van der Waals surface area contributed by atoms with E-state index in [4.69, 9.17) is 11.6 Å². The Kier molecular flexibility index (Phi) is 3.97. The second-order valence-corrected chi connectivity index (χ2v) is 3.54. The van der Waals surface area contributed by atoms with Crippen LogP contribution in [-0.4, -0.2) is 12.2 Å². The van der Waals surface area contributed by atoms with Crippen molar-refractivity contribution in [3.63, 3.8) is 0 Å². The van der Waals surface area contributed by atoms with Crippen LogP contribution in [0.5, 0.6) is 0 Å². The molecular formula is C11H13ClO. The van der Waals surface area contributed by atoms with Gasteiger partial charge < -0.3 is 0 Å². The average Bonchev–Trinajstić information content (AvgIpc) is 2.14. The molecule has 13 heavy (non-hydrogen) atoms. The zero-order valence-electron chi connectivity index (χ0n) is 7.72. The lowest BCUT2D eigenvalue weighted by Gasteiger charge is -2.02. The highest BCUT2D eigenvalue weighted by atomic mass is 35.5. The molecule has 0 atom stereocenters. The van der Waals surface area contributed by atoms with Gasteiger partial charge in [-0.15, -0.1) is 11.6 Å². The number of alkyl halides is 1. The van der Waals surface area contributed by atoms with Crippen LogP contribution in [0.1, 0.15) is 27.9 Å². The van der Waals surface area contributed by atoms with Crippen molar-refractivity contribution in [2.24, 2.45) is 0 Å². The third-order valence-corrected chi connectivity index (χ3v) is 2.16. The van der Waals surface area contributed by atoms with E-state index < -0.39 is 0 Å². The maximum atomic E-state index is 10.6. The molecule has 0 amide bonds. The number of aryl methyl sites for hydroxylation is 2. The third kappa shape index (κ3) is 3.19. The van der Waals surface area contributed by atoms with Crippen LogP contribution in [0.2, 0.25) is 0 Å². The summed E-state index contributed by atoms with van der Waals surface area (Å²) in [5, 5.41) is 0. The zero-order chi connectivity index (χ0) is 9.68. The van der Waals surface area contributed by atoms with Crippen molar-refractivity contribution in [1.82, 2.24) is 0 Å². The van der Waals surface area contributed by atoms with E-state index >= 15 is 0 Å². The molecule has 0 aromatic heterocycles. The second-order valence-electron chi connectivity index (χ2n) is 3.16. The summed E-state index contributed by atoms with van der Waals surface area (Å²) in [6.45, 7) is 2.00. The van der Waals surface area contributed by atoms with Crippen LogP contribution in [0.4, 0.5) is 0 Å². The highest BCUT2D eigenvalue weighted by Crippen LogP contribution is 2.10.